The maximum atomic E-state index is 12.8. The number of hydrogen-bond acceptors (Lipinski definition) is 5. The number of nitrogens with zero attached hydrogens (tertiary/aromatic N) is 1. The minimum Gasteiger partial charge on any atom is -0.490 e. The van der Waals surface area contributed by atoms with Crippen LogP contribution < -0.4 is 9.47 Å². The van der Waals surface area contributed by atoms with Crippen molar-refractivity contribution in [3.8, 4) is 11.5 Å². The monoisotopic (exact) mass is 351 g/mol. The van der Waals surface area contributed by atoms with Gasteiger partial charge in [-0.05, 0) is 38.5 Å². The van der Waals surface area contributed by atoms with Crippen molar-refractivity contribution in [1.29, 1.82) is 0 Å². The number of carbonyl (C=O) groups is 2. The molecule has 0 saturated carbocycles. The number of amides is 1. The zero-order valence-electron chi connectivity index (χ0n) is 14.9. The van der Waals surface area contributed by atoms with Gasteiger partial charge in [-0.25, -0.2) is 0 Å². The summed E-state index contributed by atoms with van der Waals surface area (Å²) in [4.78, 5) is 26.0. The third-order valence-corrected chi connectivity index (χ3v) is 4.31. The molecule has 0 spiro atoms. The number of aliphatic carboxylic acids is 1. The van der Waals surface area contributed by atoms with Crippen LogP contribution in [0.15, 0.2) is 18.2 Å². The van der Waals surface area contributed by atoms with Crippen LogP contribution in [0.25, 0.3) is 0 Å². The number of carboxylic acids is 1. The first-order valence-corrected chi connectivity index (χ1v) is 8.38. The normalized spacial score (nSPS) is 19.7. The molecule has 1 fully saturated rings. The van der Waals surface area contributed by atoms with Crippen LogP contribution in [-0.4, -0.2) is 61.9 Å². The molecule has 7 heteroatoms. The number of benzene rings is 1. The van der Waals surface area contributed by atoms with Crippen molar-refractivity contribution < 1.29 is 28.9 Å². The SMILES string of the molecule is CCOc1ccc(C(=O)N2CCC(COC)(C(=O)O)C2)cc1OCC. The average Bonchev–Trinajstić information content (AvgIpc) is 3.02. The van der Waals surface area contributed by atoms with Gasteiger partial charge < -0.3 is 24.2 Å². The van der Waals surface area contributed by atoms with E-state index in [1.165, 1.54) is 7.11 Å². The first kappa shape index (κ1) is 19.1. The zero-order valence-corrected chi connectivity index (χ0v) is 14.9. The van der Waals surface area contributed by atoms with Gasteiger partial charge in [0.25, 0.3) is 5.91 Å². The Hall–Kier alpha value is -2.28. The summed E-state index contributed by atoms with van der Waals surface area (Å²) < 4.78 is 16.1. The number of carboxylic acid groups (broad SMARTS) is 1. The van der Waals surface area contributed by atoms with E-state index in [9.17, 15) is 14.7 Å². The molecule has 1 N–H and O–H groups in total. The molecule has 1 aromatic rings. The highest BCUT2D eigenvalue weighted by atomic mass is 16.5. The maximum absolute atomic E-state index is 12.8. The van der Waals surface area contributed by atoms with E-state index >= 15 is 0 Å². The van der Waals surface area contributed by atoms with Crippen LogP contribution in [-0.2, 0) is 9.53 Å². The van der Waals surface area contributed by atoms with Gasteiger partial charge in [0.1, 0.15) is 5.41 Å². The van der Waals surface area contributed by atoms with Gasteiger partial charge in [-0.3, -0.25) is 9.59 Å². The van der Waals surface area contributed by atoms with Crippen LogP contribution >= 0.6 is 0 Å². The second kappa shape index (κ2) is 8.20. The van der Waals surface area contributed by atoms with Gasteiger partial charge >= 0.3 is 5.97 Å². The van der Waals surface area contributed by atoms with Crippen LogP contribution in [0.1, 0.15) is 30.6 Å². The molecule has 1 amide bonds. The molecule has 1 aromatic carbocycles. The largest absolute Gasteiger partial charge is 0.490 e. The van der Waals surface area contributed by atoms with Crippen LogP contribution in [0, 0.1) is 5.41 Å². The summed E-state index contributed by atoms with van der Waals surface area (Å²) in [6.07, 6.45) is 0.372. The fourth-order valence-electron chi connectivity index (χ4n) is 3.04. The third kappa shape index (κ3) is 4.04. The molecule has 0 radical (unpaired) electrons. The van der Waals surface area contributed by atoms with Crippen molar-refractivity contribution in [2.45, 2.75) is 20.3 Å². The summed E-state index contributed by atoms with van der Waals surface area (Å²) in [5.41, 5.74) is -0.594. The van der Waals surface area contributed by atoms with Crippen molar-refractivity contribution in [2.75, 3.05) is 40.0 Å². The molecule has 2 rings (SSSR count). The molecule has 1 atom stereocenters. The summed E-state index contributed by atoms with van der Waals surface area (Å²) in [6.45, 7) is 5.28. The summed E-state index contributed by atoms with van der Waals surface area (Å²) in [7, 11) is 1.47. The Kier molecular flexibility index (Phi) is 6.25. The highest BCUT2D eigenvalue weighted by Crippen LogP contribution is 2.34. The van der Waals surface area contributed by atoms with E-state index in [2.05, 4.69) is 0 Å². The Morgan fingerprint density at radius 1 is 1.20 bits per heavy atom. The van der Waals surface area contributed by atoms with Crippen molar-refractivity contribution in [1.82, 2.24) is 4.90 Å². The fourth-order valence-corrected chi connectivity index (χ4v) is 3.04. The van der Waals surface area contributed by atoms with E-state index in [1.807, 2.05) is 13.8 Å². The number of rotatable bonds is 8. The standard InChI is InChI=1S/C18H25NO6/c1-4-24-14-7-6-13(10-15(14)25-5-2)16(20)19-9-8-18(11-19,12-23-3)17(21)22/h6-7,10H,4-5,8-9,11-12H2,1-3H3,(H,21,22). The highest BCUT2D eigenvalue weighted by molar-refractivity contribution is 5.95. The minimum atomic E-state index is -1.04. The molecule has 1 aliphatic heterocycles. The number of hydrogen-bond donors (Lipinski definition) is 1. The van der Waals surface area contributed by atoms with Gasteiger partial charge in [0.05, 0.1) is 19.8 Å². The predicted octanol–water partition coefficient (Wildman–Crippen LogP) is 2.05. The Bertz CT molecular complexity index is 632. The van der Waals surface area contributed by atoms with Gasteiger partial charge in [-0.2, -0.15) is 0 Å². The highest BCUT2D eigenvalue weighted by Gasteiger charge is 2.46. The van der Waals surface area contributed by atoms with E-state index in [4.69, 9.17) is 14.2 Å². The van der Waals surface area contributed by atoms with E-state index in [1.54, 1.807) is 23.1 Å². The molecule has 1 saturated heterocycles. The lowest BCUT2D eigenvalue weighted by molar-refractivity contribution is -0.151. The lowest BCUT2D eigenvalue weighted by Gasteiger charge is -2.24. The second-order valence-electron chi connectivity index (χ2n) is 6.02. The van der Waals surface area contributed by atoms with Crippen LogP contribution in [0.5, 0.6) is 11.5 Å². The molecular weight excluding hydrogens is 326 g/mol. The number of likely N-dealkylation sites (tertiary alicyclic amines) is 1. The second-order valence-corrected chi connectivity index (χ2v) is 6.02. The smallest absolute Gasteiger partial charge is 0.313 e. The molecule has 0 aromatic heterocycles. The van der Waals surface area contributed by atoms with E-state index in [0.717, 1.165) is 0 Å². The Morgan fingerprint density at radius 2 is 1.88 bits per heavy atom. The number of carbonyl (C=O) groups excluding carboxylic acids is 1. The first-order valence-electron chi connectivity index (χ1n) is 8.38. The molecule has 7 nitrogen and oxygen atoms in total. The predicted molar refractivity (Wildman–Crippen MR) is 91.2 cm³/mol. The quantitative estimate of drug-likeness (QED) is 0.771. The van der Waals surface area contributed by atoms with E-state index < -0.39 is 11.4 Å². The van der Waals surface area contributed by atoms with Crippen LogP contribution in [0.3, 0.4) is 0 Å². The number of ether oxygens (including phenoxy) is 3. The summed E-state index contributed by atoms with van der Waals surface area (Å²) in [6, 6.07) is 5.03. The number of methoxy groups -OCH3 is 1. The molecule has 138 valence electrons. The van der Waals surface area contributed by atoms with Gasteiger partial charge in [0.2, 0.25) is 0 Å². The van der Waals surface area contributed by atoms with Gasteiger partial charge in [0, 0.05) is 25.8 Å². The van der Waals surface area contributed by atoms with Crippen molar-refractivity contribution >= 4 is 11.9 Å². The summed E-state index contributed by atoms with van der Waals surface area (Å²) >= 11 is 0. The molecule has 0 bridgehead atoms. The molecule has 1 unspecified atom stereocenters. The Balaban J connectivity index is 2.20. The zero-order chi connectivity index (χ0) is 18.4. The molecule has 1 heterocycles. The molecule has 25 heavy (non-hydrogen) atoms. The summed E-state index contributed by atoms with van der Waals surface area (Å²) in [5, 5.41) is 9.52. The Labute approximate surface area is 147 Å². The van der Waals surface area contributed by atoms with Crippen molar-refractivity contribution in [2.24, 2.45) is 5.41 Å². The van der Waals surface area contributed by atoms with E-state index in [-0.39, 0.29) is 19.1 Å². The first-order chi connectivity index (χ1) is 12.0. The van der Waals surface area contributed by atoms with Gasteiger partial charge in [-0.1, -0.05) is 0 Å². The van der Waals surface area contributed by atoms with E-state index in [0.29, 0.717) is 43.2 Å². The van der Waals surface area contributed by atoms with Crippen molar-refractivity contribution in [3.63, 3.8) is 0 Å². The molecular formula is C18H25NO6. The summed E-state index contributed by atoms with van der Waals surface area (Å²) in [5.74, 6) is -0.0630. The minimum absolute atomic E-state index is 0.0829. The van der Waals surface area contributed by atoms with Crippen LogP contribution in [0.4, 0.5) is 0 Å². The lowest BCUT2D eigenvalue weighted by atomic mass is 9.88. The topological polar surface area (TPSA) is 85.3 Å². The lowest BCUT2D eigenvalue weighted by Crippen LogP contribution is -2.40. The third-order valence-electron chi connectivity index (χ3n) is 4.31. The van der Waals surface area contributed by atoms with Crippen molar-refractivity contribution in [3.05, 3.63) is 23.8 Å². The maximum Gasteiger partial charge on any atom is 0.313 e. The van der Waals surface area contributed by atoms with Crippen LogP contribution in [0.2, 0.25) is 0 Å². The fraction of sp³-hybridized carbons (Fsp3) is 0.556. The average molecular weight is 351 g/mol. The van der Waals surface area contributed by atoms with Gasteiger partial charge in [0.15, 0.2) is 11.5 Å². The molecule has 1 aliphatic rings. The Morgan fingerprint density at radius 3 is 2.48 bits per heavy atom. The van der Waals surface area contributed by atoms with Gasteiger partial charge in [-0.15, -0.1) is 0 Å². The molecule has 0 aliphatic carbocycles.